The lowest BCUT2D eigenvalue weighted by Crippen LogP contribution is -2.46. The quantitative estimate of drug-likeness (QED) is 0.766. The number of hydrogen-bond acceptors (Lipinski definition) is 2. The summed E-state index contributed by atoms with van der Waals surface area (Å²) in [5, 5.41) is 0. The third-order valence-electron chi connectivity index (χ3n) is 2.99. The van der Waals surface area contributed by atoms with Crippen LogP contribution in [0.3, 0.4) is 0 Å². The van der Waals surface area contributed by atoms with Gasteiger partial charge in [0.15, 0.2) is 0 Å². The molecule has 0 saturated carbocycles. The first-order valence-electron chi connectivity index (χ1n) is 5.73. The van der Waals surface area contributed by atoms with Gasteiger partial charge < -0.3 is 10.6 Å². The van der Waals surface area contributed by atoms with Gasteiger partial charge in [0.25, 0.3) is 0 Å². The fourth-order valence-corrected chi connectivity index (χ4v) is 2.21. The van der Waals surface area contributed by atoms with Crippen LogP contribution in [0.2, 0.25) is 0 Å². The zero-order valence-corrected chi connectivity index (χ0v) is 9.61. The highest BCUT2D eigenvalue weighted by molar-refractivity contribution is 5.40. The highest BCUT2D eigenvalue weighted by Crippen LogP contribution is 2.27. The van der Waals surface area contributed by atoms with Crippen molar-refractivity contribution in [3.8, 4) is 0 Å². The van der Waals surface area contributed by atoms with Gasteiger partial charge in [0.2, 0.25) is 0 Å². The summed E-state index contributed by atoms with van der Waals surface area (Å²) >= 11 is 0. The molecule has 1 aliphatic rings. The Morgan fingerprint density at radius 2 is 1.87 bits per heavy atom. The Morgan fingerprint density at radius 3 is 2.40 bits per heavy atom. The molecule has 0 aliphatic carbocycles. The van der Waals surface area contributed by atoms with Crippen molar-refractivity contribution >= 4 is 5.69 Å². The monoisotopic (exact) mass is 204 g/mol. The average Bonchev–Trinajstić information content (AvgIpc) is 2.12. The summed E-state index contributed by atoms with van der Waals surface area (Å²) in [5.41, 5.74) is 7.96. The largest absolute Gasteiger partial charge is 0.399 e. The zero-order valence-electron chi connectivity index (χ0n) is 9.61. The Balaban J connectivity index is 1.86. The van der Waals surface area contributed by atoms with Crippen LogP contribution < -0.4 is 5.73 Å². The molecule has 0 bridgehead atoms. The summed E-state index contributed by atoms with van der Waals surface area (Å²) in [5.74, 6) is 1.50. The third-order valence-corrected chi connectivity index (χ3v) is 2.99. The van der Waals surface area contributed by atoms with E-state index in [1.165, 1.54) is 25.2 Å². The van der Waals surface area contributed by atoms with E-state index < -0.39 is 0 Å². The van der Waals surface area contributed by atoms with Crippen LogP contribution in [0.4, 0.5) is 5.69 Å². The number of hydrogen-bond donors (Lipinski definition) is 1. The molecular formula is C13H20N2. The zero-order chi connectivity index (χ0) is 10.8. The van der Waals surface area contributed by atoms with Crippen LogP contribution in [-0.4, -0.2) is 24.5 Å². The second kappa shape index (κ2) is 4.23. The van der Waals surface area contributed by atoms with Crippen LogP contribution in [0.25, 0.3) is 0 Å². The molecule has 0 atom stereocenters. The van der Waals surface area contributed by atoms with E-state index >= 15 is 0 Å². The first kappa shape index (κ1) is 10.5. The fraction of sp³-hybridized carbons (Fsp3) is 0.538. The van der Waals surface area contributed by atoms with Gasteiger partial charge in [-0.25, -0.2) is 0 Å². The molecule has 0 radical (unpaired) electrons. The number of nitrogens with two attached hydrogens (primary N) is 1. The molecular weight excluding hydrogens is 184 g/mol. The predicted octanol–water partition coefficient (Wildman–Crippen LogP) is 2.32. The van der Waals surface area contributed by atoms with Gasteiger partial charge in [-0.2, -0.15) is 0 Å². The fourth-order valence-electron chi connectivity index (χ4n) is 2.21. The minimum absolute atomic E-state index is 0.726. The van der Waals surface area contributed by atoms with Gasteiger partial charge in [0, 0.05) is 31.2 Å². The van der Waals surface area contributed by atoms with Crippen molar-refractivity contribution in [2.45, 2.75) is 19.8 Å². The standard InChI is InChI=1S/C13H20N2/c1-10(2)7-15-8-12(9-15)11-3-5-13(14)6-4-11/h3-6,10,12H,7-9,14H2,1-2H3. The molecule has 1 aromatic rings. The summed E-state index contributed by atoms with van der Waals surface area (Å²) < 4.78 is 0. The molecule has 2 nitrogen and oxygen atoms in total. The maximum atomic E-state index is 5.67. The van der Waals surface area contributed by atoms with E-state index in [0.717, 1.165) is 17.5 Å². The van der Waals surface area contributed by atoms with Gasteiger partial charge in [-0.3, -0.25) is 0 Å². The average molecular weight is 204 g/mol. The number of likely N-dealkylation sites (tertiary alicyclic amines) is 1. The molecule has 1 saturated heterocycles. The van der Waals surface area contributed by atoms with E-state index in [1.54, 1.807) is 0 Å². The lowest BCUT2D eigenvalue weighted by atomic mass is 9.90. The van der Waals surface area contributed by atoms with E-state index in [0.29, 0.717) is 0 Å². The Kier molecular flexibility index (Phi) is 2.96. The molecule has 2 rings (SSSR count). The first-order chi connectivity index (χ1) is 7.15. The molecule has 2 N–H and O–H groups in total. The van der Waals surface area contributed by atoms with Crippen molar-refractivity contribution in [1.82, 2.24) is 4.90 Å². The Hall–Kier alpha value is -1.02. The van der Waals surface area contributed by atoms with Gasteiger partial charge in [0.1, 0.15) is 0 Å². The molecule has 82 valence electrons. The van der Waals surface area contributed by atoms with Gasteiger partial charge in [-0.05, 0) is 23.6 Å². The number of rotatable bonds is 3. The molecule has 1 heterocycles. The molecule has 1 fully saturated rings. The SMILES string of the molecule is CC(C)CN1CC(c2ccc(N)cc2)C1. The van der Waals surface area contributed by atoms with Gasteiger partial charge in [0.05, 0.1) is 0 Å². The van der Waals surface area contributed by atoms with Gasteiger partial charge in [-0.1, -0.05) is 26.0 Å². The van der Waals surface area contributed by atoms with E-state index in [1.807, 2.05) is 12.1 Å². The summed E-state index contributed by atoms with van der Waals surface area (Å²) in [6, 6.07) is 8.32. The number of nitrogen functional groups attached to an aromatic ring is 1. The second-order valence-electron chi connectivity index (χ2n) is 4.98. The molecule has 0 aromatic heterocycles. The Morgan fingerprint density at radius 1 is 1.27 bits per heavy atom. The molecule has 1 aromatic carbocycles. The molecule has 2 heteroatoms. The van der Waals surface area contributed by atoms with Crippen LogP contribution in [-0.2, 0) is 0 Å². The molecule has 0 spiro atoms. The van der Waals surface area contributed by atoms with Crippen LogP contribution >= 0.6 is 0 Å². The topological polar surface area (TPSA) is 29.3 Å². The van der Waals surface area contributed by atoms with E-state index in [2.05, 4.69) is 30.9 Å². The lowest BCUT2D eigenvalue weighted by Gasteiger charge is -2.40. The number of anilines is 1. The maximum absolute atomic E-state index is 5.67. The molecule has 1 aliphatic heterocycles. The minimum Gasteiger partial charge on any atom is -0.399 e. The van der Waals surface area contributed by atoms with Crippen molar-refractivity contribution in [2.24, 2.45) is 5.92 Å². The van der Waals surface area contributed by atoms with Crippen molar-refractivity contribution in [1.29, 1.82) is 0 Å². The second-order valence-corrected chi connectivity index (χ2v) is 4.98. The normalized spacial score (nSPS) is 18.1. The van der Waals surface area contributed by atoms with Crippen molar-refractivity contribution in [2.75, 3.05) is 25.4 Å². The van der Waals surface area contributed by atoms with Crippen molar-refractivity contribution in [3.05, 3.63) is 29.8 Å². The highest BCUT2D eigenvalue weighted by Gasteiger charge is 2.27. The smallest absolute Gasteiger partial charge is 0.0314 e. The van der Waals surface area contributed by atoms with E-state index in [9.17, 15) is 0 Å². The third kappa shape index (κ3) is 2.51. The van der Waals surface area contributed by atoms with Crippen LogP contribution in [0.5, 0.6) is 0 Å². The van der Waals surface area contributed by atoms with Crippen LogP contribution in [0.15, 0.2) is 24.3 Å². The van der Waals surface area contributed by atoms with E-state index in [-0.39, 0.29) is 0 Å². The minimum atomic E-state index is 0.726. The highest BCUT2D eigenvalue weighted by atomic mass is 15.2. The number of nitrogens with zero attached hydrogens (tertiary/aromatic N) is 1. The van der Waals surface area contributed by atoms with Crippen molar-refractivity contribution in [3.63, 3.8) is 0 Å². The molecule has 0 unspecified atom stereocenters. The predicted molar refractivity (Wildman–Crippen MR) is 64.9 cm³/mol. The van der Waals surface area contributed by atoms with Crippen molar-refractivity contribution < 1.29 is 0 Å². The summed E-state index contributed by atoms with van der Waals surface area (Å²) in [6.45, 7) is 8.20. The summed E-state index contributed by atoms with van der Waals surface area (Å²) in [4.78, 5) is 2.52. The Bertz CT molecular complexity index is 310. The van der Waals surface area contributed by atoms with Gasteiger partial charge in [-0.15, -0.1) is 0 Å². The summed E-state index contributed by atoms with van der Waals surface area (Å²) in [7, 11) is 0. The lowest BCUT2D eigenvalue weighted by molar-refractivity contribution is 0.131. The van der Waals surface area contributed by atoms with Gasteiger partial charge >= 0.3 is 0 Å². The van der Waals surface area contributed by atoms with Crippen LogP contribution in [0, 0.1) is 5.92 Å². The molecule has 15 heavy (non-hydrogen) atoms. The van der Waals surface area contributed by atoms with Crippen LogP contribution in [0.1, 0.15) is 25.3 Å². The maximum Gasteiger partial charge on any atom is 0.0314 e. The first-order valence-corrected chi connectivity index (χ1v) is 5.73. The van der Waals surface area contributed by atoms with E-state index in [4.69, 9.17) is 5.73 Å². The Labute approximate surface area is 92.1 Å². The number of benzene rings is 1. The summed E-state index contributed by atoms with van der Waals surface area (Å²) in [6.07, 6.45) is 0. The molecule has 0 amide bonds.